The van der Waals surface area contributed by atoms with Gasteiger partial charge in [-0.05, 0) is 18.6 Å². The number of hydrogen-bond acceptors (Lipinski definition) is 5. The highest BCUT2D eigenvalue weighted by molar-refractivity contribution is 5.98. The van der Waals surface area contributed by atoms with E-state index >= 15 is 0 Å². The van der Waals surface area contributed by atoms with Gasteiger partial charge in [0.1, 0.15) is 11.3 Å². The maximum absolute atomic E-state index is 13.0. The summed E-state index contributed by atoms with van der Waals surface area (Å²) in [6.07, 6.45) is -1.18. The number of benzene rings is 1. The Morgan fingerprint density at radius 1 is 1.50 bits per heavy atom. The average molecular weight is 280 g/mol. The third-order valence-electron chi connectivity index (χ3n) is 2.66. The Balaban J connectivity index is 2.30. The van der Waals surface area contributed by atoms with Gasteiger partial charge in [-0.15, -0.1) is 0 Å². The van der Waals surface area contributed by atoms with Crippen LogP contribution in [0.25, 0.3) is 11.1 Å². The molecule has 0 saturated heterocycles. The predicted octanol–water partition coefficient (Wildman–Crippen LogP) is 2.41. The van der Waals surface area contributed by atoms with Gasteiger partial charge in [-0.25, -0.2) is 14.2 Å². The minimum absolute atomic E-state index is 0.155. The van der Waals surface area contributed by atoms with Crippen LogP contribution in [-0.2, 0) is 4.74 Å². The fraction of sp³-hybridized carbons (Fsp3) is 0.308. The molecule has 0 bridgehead atoms. The monoisotopic (exact) mass is 280 g/mol. The van der Waals surface area contributed by atoms with Crippen molar-refractivity contribution in [2.75, 3.05) is 0 Å². The summed E-state index contributed by atoms with van der Waals surface area (Å²) in [6, 6.07) is 3.74. The van der Waals surface area contributed by atoms with Gasteiger partial charge in [0, 0.05) is 6.07 Å². The summed E-state index contributed by atoms with van der Waals surface area (Å²) in [5.41, 5.74) is 5.43. The fourth-order valence-corrected chi connectivity index (χ4v) is 1.79. The number of fused-ring (bicyclic) bond motifs is 1. The molecule has 0 spiro atoms. The van der Waals surface area contributed by atoms with Crippen LogP contribution >= 0.6 is 0 Å². The Labute approximate surface area is 113 Å². The molecule has 1 heterocycles. The van der Waals surface area contributed by atoms with Crippen LogP contribution in [0.1, 0.15) is 30.5 Å². The van der Waals surface area contributed by atoms with Gasteiger partial charge in [-0.2, -0.15) is 0 Å². The highest BCUT2D eigenvalue weighted by Crippen LogP contribution is 2.19. The van der Waals surface area contributed by atoms with Crippen LogP contribution in [0, 0.1) is 5.82 Å². The molecule has 0 aliphatic carbocycles. The Morgan fingerprint density at radius 2 is 2.25 bits per heavy atom. The summed E-state index contributed by atoms with van der Waals surface area (Å²) in [4.78, 5) is 26.9. The SMILES string of the molecule is CCC[C@H](OC(N)=O)C(=O)c1nc2ccc(F)cc2o1. The Kier molecular flexibility index (Phi) is 3.97. The highest BCUT2D eigenvalue weighted by Gasteiger charge is 2.27. The quantitative estimate of drug-likeness (QED) is 0.848. The number of aromatic nitrogens is 1. The van der Waals surface area contributed by atoms with E-state index in [0.717, 1.165) is 6.07 Å². The zero-order chi connectivity index (χ0) is 14.7. The van der Waals surface area contributed by atoms with Crippen molar-refractivity contribution >= 4 is 23.0 Å². The van der Waals surface area contributed by atoms with Crippen LogP contribution in [0.2, 0.25) is 0 Å². The number of rotatable bonds is 5. The molecule has 20 heavy (non-hydrogen) atoms. The summed E-state index contributed by atoms with van der Waals surface area (Å²) in [5, 5.41) is 0. The molecule has 2 N–H and O–H groups in total. The van der Waals surface area contributed by atoms with Crippen molar-refractivity contribution in [3.8, 4) is 0 Å². The molecular weight excluding hydrogens is 267 g/mol. The van der Waals surface area contributed by atoms with E-state index in [4.69, 9.17) is 14.9 Å². The van der Waals surface area contributed by atoms with E-state index in [-0.39, 0.29) is 11.5 Å². The fourth-order valence-electron chi connectivity index (χ4n) is 1.79. The first-order valence-electron chi connectivity index (χ1n) is 6.07. The molecule has 0 unspecified atom stereocenters. The molecule has 1 aromatic carbocycles. The molecule has 0 fully saturated rings. The molecule has 0 aliphatic rings. The molecule has 0 radical (unpaired) electrons. The van der Waals surface area contributed by atoms with Gasteiger partial charge in [0.25, 0.3) is 11.7 Å². The molecule has 2 rings (SSSR count). The third kappa shape index (κ3) is 2.93. The van der Waals surface area contributed by atoms with Crippen molar-refractivity contribution in [2.24, 2.45) is 5.73 Å². The van der Waals surface area contributed by atoms with Crippen molar-refractivity contribution in [3.63, 3.8) is 0 Å². The summed E-state index contributed by atoms with van der Waals surface area (Å²) >= 11 is 0. The molecule has 106 valence electrons. The first-order valence-corrected chi connectivity index (χ1v) is 6.07. The number of amides is 1. The number of hydrogen-bond donors (Lipinski definition) is 1. The minimum atomic E-state index is -1.05. The molecule has 0 saturated carbocycles. The van der Waals surface area contributed by atoms with Crippen LogP contribution in [-0.4, -0.2) is 23.0 Å². The third-order valence-corrected chi connectivity index (χ3v) is 2.66. The lowest BCUT2D eigenvalue weighted by atomic mass is 10.1. The van der Waals surface area contributed by atoms with E-state index < -0.39 is 23.8 Å². The summed E-state index contributed by atoms with van der Waals surface area (Å²) in [6.45, 7) is 1.83. The normalized spacial score (nSPS) is 12.3. The van der Waals surface area contributed by atoms with Crippen LogP contribution < -0.4 is 5.73 Å². The average Bonchev–Trinajstić information content (AvgIpc) is 2.79. The second kappa shape index (κ2) is 5.68. The van der Waals surface area contributed by atoms with Gasteiger partial charge < -0.3 is 14.9 Å². The lowest BCUT2D eigenvalue weighted by Gasteiger charge is -2.12. The van der Waals surface area contributed by atoms with Gasteiger partial charge >= 0.3 is 6.09 Å². The van der Waals surface area contributed by atoms with E-state index in [1.165, 1.54) is 12.1 Å². The topological polar surface area (TPSA) is 95.4 Å². The molecule has 7 heteroatoms. The first kappa shape index (κ1) is 14.0. The van der Waals surface area contributed by atoms with E-state index in [0.29, 0.717) is 18.4 Å². The van der Waals surface area contributed by atoms with E-state index in [1.807, 2.05) is 6.92 Å². The standard InChI is InChI=1S/C13H13FN2O4/c1-2-3-9(20-13(15)18)11(17)12-16-8-5-4-7(14)6-10(8)19-12/h4-6,9H,2-3H2,1H3,(H2,15,18)/t9-/m0/s1. The number of carbonyl (C=O) groups is 2. The summed E-state index contributed by atoms with van der Waals surface area (Å²) in [5.74, 6) is -1.32. The number of primary amides is 1. The molecule has 1 atom stereocenters. The van der Waals surface area contributed by atoms with Crippen LogP contribution in [0.5, 0.6) is 0 Å². The lowest BCUT2D eigenvalue weighted by molar-refractivity contribution is 0.0603. The van der Waals surface area contributed by atoms with Crippen LogP contribution in [0.3, 0.4) is 0 Å². The van der Waals surface area contributed by atoms with Crippen molar-refractivity contribution in [1.82, 2.24) is 4.98 Å². The maximum atomic E-state index is 13.0. The molecular formula is C13H13FN2O4. The number of nitrogens with two attached hydrogens (primary N) is 1. The van der Waals surface area contributed by atoms with Gasteiger partial charge in [-0.3, -0.25) is 4.79 Å². The maximum Gasteiger partial charge on any atom is 0.405 e. The number of Topliss-reactive ketones (excluding diaryl/α,β-unsaturated/α-hetero) is 1. The minimum Gasteiger partial charge on any atom is -0.438 e. The van der Waals surface area contributed by atoms with Crippen molar-refractivity contribution < 1.29 is 23.1 Å². The van der Waals surface area contributed by atoms with Crippen LogP contribution in [0.15, 0.2) is 22.6 Å². The van der Waals surface area contributed by atoms with Gasteiger partial charge in [-0.1, -0.05) is 13.3 Å². The Morgan fingerprint density at radius 3 is 2.90 bits per heavy atom. The number of nitrogens with zero attached hydrogens (tertiary/aromatic N) is 1. The van der Waals surface area contributed by atoms with Crippen molar-refractivity contribution in [3.05, 3.63) is 29.9 Å². The van der Waals surface area contributed by atoms with Crippen molar-refractivity contribution in [2.45, 2.75) is 25.9 Å². The first-order chi connectivity index (χ1) is 9.51. The second-order valence-electron chi connectivity index (χ2n) is 4.21. The zero-order valence-corrected chi connectivity index (χ0v) is 10.8. The van der Waals surface area contributed by atoms with E-state index in [2.05, 4.69) is 4.98 Å². The second-order valence-corrected chi connectivity index (χ2v) is 4.21. The largest absolute Gasteiger partial charge is 0.438 e. The van der Waals surface area contributed by atoms with Gasteiger partial charge in [0.05, 0.1) is 0 Å². The van der Waals surface area contributed by atoms with Crippen LogP contribution in [0.4, 0.5) is 9.18 Å². The number of carbonyl (C=O) groups excluding carboxylic acids is 2. The molecule has 2 aromatic rings. The smallest absolute Gasteiger partial charge is 0.405 e. The Bertz CT molecular complexity index is 653. The summed E-state index contributed by atoms with van der Waals surface area (Å²) in [7, 11) is 0. The molecule has 1 amide bonds. The highest BCUT2D eigenvalue weighted by atomic mass is 19.1. The predicted molar refractivity (Wildman–Crippen MR) is 67.7 cm³/mol. The van der Waals surface area contributed by atoms with Gasteiger partial charge in [0.2, 0.25) is 0 Å². The number of halogens is 1. The number of ketones is 1. The lowest BCUT2D eigenvalue weighted by Crippen LogP contribution is -2.30. The number of oxazole rings is 1. The van der Waals surface area contributed by atoms with E-state index in [9.17, 15) is 14.0 Å². The molecule has 1 aromatic heterocycles. The molecule has 6 nitrogen and oxygen atoms in total. The number of ether oxygens (including phenoxy) is 1. The zero-order valence-electron chi connectivity index (χ0n) is 10.8. The van der Waals surface area contributed by atoms with Gasteiger partial charge in [0.15, 0.2) is 11.7 Å². The molecule has 0 aliphatic heterocycles. The van der Waals surface area contributed by atoms with E-state index in [1.54, 1.807) is 0 Å². The van der Waals surface area contributed by atoms with Crippen molar-refractivity contribution in [1.29, 1.82) is 0 Å². The summed E-state index contributed by atoms with van der Waals surface area (Å²) < 4.78 is 23.0. The Hall–Kier alpha value is -2.44.